The minimum atomic E-state index is -0.754. The van der Waals surface area contributed by atoms with E-state index in [4.69, 9.17) is 0 Å². The molecule has 2 N–H and O–H groups in total. The van der Waals surface area contributed by atoms with E-state index >= 15 is 0 Å². The summed E-state index contributed by atoms with van der Waals surface area (Å²) < 4.78 is 0. The molecule has 0 aliphatic rings. The maximum Gasteiger partial charge on any atom is 0.314 e. The highest BCUT2D eigenvalue weighted by molar-refractivity contribution is 6.36. The highest BCUT2D eigenvalue weighted by atomic mass is 16.2. The Hall–Kier alpha value is -2.62. The topological polar surface area (TPSA) is 58.2 Å². The highest BCUT2D eigenvalue weighted by Gasteiger charge is 2.14. The van der Waals surface area contributed by atoms with Gasteiger partial charge in [-0.2, -0.15) is 0 Å². The number of hydrogen-bond acceptors (Lipinski definition) is 2. The molecule has 0 aromatic heterocycles. The molecule has 0 aliphatic heterocycles. The largest absolute Gasteiger partial charge is 0.318 e. The van der Waals surface area contributed by atoms with Crippen LogP contribution in [0, 0.1) is 0 Å². The molecule has 20 heavy (non-hydrogen) atoms. The van der Waals surface area contributed by atoms with Crippen LogP contribution in [-0.2, 0) is 9.59 Å². The van der Waals surface area contributed by atoms with Crippen molar-refractivity contribution in [1.82, 2.24) is 10.6 Å². The third-order valence-corrected chi connectivity index (χ3v) is 2.09. The smallest absolute Gasteiger partial charge is 0.314 e. The maximum atomic E-state index is 11.7. The molecule has 0 radical (unpaired) electrons. The van der Waals surface area contributed by atoms with Crippen molar-refractivity contribution in [3.05, 3.63) is 73.2 Å². The van der Waals surface area contributed by atoms with Crippen molar-refractivity contribution in [3.8, 4) is 0 Å². The van der Waals surface area contributed by atoms with Gasteiger partial charge in [-0.15, -0.1) is 0 Å². The molecular formula is C16H20N2O2. The number of hydrogen-bond donors (Lipinski definition) is 2. The summed E-state index contributed by atoms with van der Waals surface area (Å²) in [7, 11) is 0. The lowest BCUT2D eigenvalue weighted by atomic mass is 10.3. The number of nitrogens with one attached hydrogen (secondary N) is 2. The van der Waals surface area contributed by atoms with Gasteiger partial charge in [0.25, 0.3) is 0 Å². The summed E-state index contributed by atoms with van der Waals surface area (Å²) in [5, 5.41) is 4.97. The zero-order valence-corrected chi connectivity index (χ0v) is 11.8. The molecule has 0 rings (SSSR count). The average Bonchev–Trinajstić information content (AvgIpc) is 2.44. The van der Waals surface area contributed by atoms with Crippen molar-refractivity contribution in [3.63, 3.8) is 0 Å². The number of carbonyl (C=O) groups is 2. The summed E-state index contributed by atoms with van der Waals surface area (Å²) in [5.41, 5.74) is 1.01. The van der Waals surface area contributed by atoms with Crippen LogP contribution < -0.4 is 10.6 Å². The summed E-state index contributed by atoms with van der Waals surface area (Å²) in [6.07, 6.45) is 13.1. The second-order valence-corrected chi connectivity index (χ2v) is 3.60. The molecule has 0 heterocycles. The predicted molar refractivity (Wildman–Crippen MR) is 82.5 cm³/mol. The summed E-state index contributed by atoms with van der Waals surface area (Å²) in [5.74, 6) is -1.49. The van der Waals surface area contributed by atoms with Crippen molar-refractivity contribution in [2.24, 2.45) is 0 Å². The summed E-state index contributed by atoms with van der Waals surface area (Å²) in [6.45, 7) is 10.7. The van der Waals surface area contributed by atoms with Crippen molar-refractivity contribution < 1.29 is 9.59 Å². The van der Waals surface area contributed by atoms with Gasteiger partial charge in [-0.05, 0) is 32.1 Å². The van der Waals surface area contributed by atoms with Crippen LogP contribution in [0.1, 0.15) is 13.8 Å². The van der Waals surface area contributed by atoms with E-state index in [1.54, 1.807) is 49.5 Å². The van der Waals surface area contributed by atoms with Crippen LogP contribution in [0.25, 0.3) is 0 Å². The molecule has 2 amide bonds. The molecular weight excluding hydrogens is 252 g/mol. The van der Waals surface area contributed by atoms with E-state index in [0.717, 1.165) is 0 Å². The minimum Gasteiger partial charge on any atom is -0.318 e. The molecule has 4 heteroatoms. The molecule has 0 aliphatic carbocycles. The van der Waals surface area contributed by atoms with Crippen LogP contribution >= 0.6 is 0 Å². The Kier molecular flexibility index (Phi) is 8.96. The lowest BCUT2D eigenvalue weighted by Crippen LogP contribution is -2.38. The van der Waals surface area contributed by atoms with Gasteiger partial charge in [-0.1, -0.05) is 43.5 Å². The van der Waals surface area contributed by atoms with Gasteiger partial charge in [0.2, 0.25) is 0 Å². The molecule has 0 saturated heterocycles. The first-order chi connectivity index (χ1) is 9.58. The van der Waals surface area contributed by atoms with Gasteiger partial charge in [0.1, 0.15) is 0 Å². The molecule has 0 saturated carbocycles. The summed E-state index contributed by atoms with van der Waals surface area (Å²) in [4.78, 5) is 23.4. The molecule has 0 unspecified atom stereocenters. The lowest BCUT2D eigenvalue weighted by molar-refractivity contribution is -0.138. The van der Waals surface area contributed by atoms with Gasteiger partial charge in [-0.3, -0.25) is 9.59 Å². The average molecular weight is 272 g/mol. The van der Waals surface area contributed by atoms with Gasteiger partial charge < -0.3 is 10.6 Å². The van der Waals surface area contributed by atoms with Gasteiger partial charge in [0, 0.05) is 11.4 Å². The Bertz CT molecular complexity index is 495. The minimum absolute atomic E-state index is 0.452. The molecule has 0 fully saturated rings. The Morgan fingerprint density at radius 3 is 1.95 bits per heavy atom. The van der Waals surface area contributed by atoms with E-state index in [-0.39, 0.29) is 0 Å². The van der Waals surface area contributed by atoms with Gasteiger partial charge >= 0.3 is 11.8 Å². The molecule has 4 nitrogen and oxygen atoms in total. The van der Waals surface area contributed by atoms with Crippen LogP contribution in [0.2, 0.25) is 0 Å². The second kappa shape index (κ2) is 10.3. The zero-order chi connectivity index (χ0) is 15.4. The van der Waals surface area contributed by atoms with Crippen molar-refractivity contribution in [1.29, 1.82) is 0 Å². The first-order valence-corrected chi connectivity index (χ1v) is 6.12. The molecule has 106 valence electrons. The van der Waals surface area contributed by atoms with Crippen LogP contribution in [-0.4, -0.2) is 11.8 Å². The molecule has 0 bridgehead atoms. The van der Waals surface area contributed by atoms with E-state index in [2.05, 4.69) is 23.8 Å². The lowest BCUT2D eigenvalue weighted by Gasteiger charge is -2.07. The van der Waals surface area contributed by atoms with Crippen LogP contribution in [0.5, 0.6) is 0 Å². The van der Waals surface area contributed by atoms with E-state index < -0.39 is 11.8 Å². The van der Waals surface area contributed by atoms with Crippen molar-refractivity contribution in [2.75, 3.05) is 0 Å². The molecule has 0 aromatic carbocycles. The Morgan fingerprint density at radius 2 is 1.50 bits per heavy atom. The van der Waals surface area contributed by atoms with E-state index in [1.165, 1.54) is 6.08 Å². The standard InChI is InChI=1S/C16H20N2O2/c1-5-9-12-14(11-7-3)18-16(20)15(19)17-13(8-4)10-6-2/h5-12H,1,3H2,2,4H3,(H,17,19)(H,18,20)/b10-6-,12-9-,13-8+,14-11+. The third-order valence-electron chi connectivity index (χ3n) is 2.09. The van der Waals surface area contributed by atoms with E-state index in [9.17, 15) is 9.59 Å². The maximum absolute atomic E-state index is 11.7. The fourth-order valence-corrected chi connectivity index (χ4v) is 1.20. The zero-order valence-electron chi connectivity index (χ0n) is 11.8. The normalized spacial score (nSPS) is 12.5. The van der Waals surface area contributed by atoms with E-state index in [0.29, 0.717) is 11.4 Å². The summed E-state index contributed by atoms with van der Waals surface area (Å²) in [6, 6.07) is 0. The molecule has 0 aromatic rings. The van der Waals surface area contributed by atoms with Crippen molar-refractivity contribution in [2.45, 2.75) is 13.8 Å². The SMILES string of the molecule is C=C/C=C\C(=C/C=C)NC(=O)C(=O)NC(/C=C\C)=C/C. The van der Waals surface area contributed by atoms with Gasteiger partial charge in [0.05, 0.1) is 0 Å². The Balaban J connectivity index is 4.77. The quantitative estimate of drug-likeness (QED) is 0.576. The van der Waals surface area contributed by atoms with Crippen LogP contribution in [0.15, 0.2) is 73.2 Å². The summed E-state index contributed by atoms with van der Waals surface area (Å²) >= 11 is 0. The van der Waals surface area contributed by atoms with Crippen LogP contribution in [0.3, 0.4) is 0 Å². The molecule has 0 atom stereocenters. The molecule has 0 spiro atoms. The number of carbonyl (C=O) groups excluding carboxylic acids is 2. The first-order valence-electron chi connectivity index (χ1n) is 6.12. The predicted octanol–water partition coefficient (Wildman–Crippen LogP) is 2.51. The van der Waals surface area contributed by atoms with Crippen LogP contribution in [0.4, 0.5) is 0 Å². The number of allylic oxidation sites excluding steroid dienone is 8. The fraction of sp³-hybridized carbons (Fsp3) is 0.125. The van der Waals surface area contributed by atoms with Crippen molar-refractivity contribution >= 4 is 11.8 Å². The highest BCUT2D eigenvalue weighted by Crippen LogP contribution is 1.95. The number of amides is 2. The third kappa shape index (κ3) is 6.96. The fourth-order valence-electron chi connectivity index (χ4n) is 1.20. The van der Waals surface area contributed by atoms with Gasteiger partial charge in [0.15, 0.2) is 0 Å². The number of rotatable bonds is 6. The second-order valence-electron chi connectivity index (χ2n) is 3.60. The Labute approximate surface area is 119 Å². The monoisotopic (exact) mass is 272 g/mol. The first kappa shape index (κ1) is 17.4. The van der Waals surface area contributed by atoms with E-state index in [1.807, 2.05) is 6.92 Å². The van der Waals surface area contributed by atoms with Gasteiger partial charge in [-0.25, -0.2) is 0 Å². The Morgan fingerprint density at radius 1 is 0.900 bits per heavy atom.